The van der Waals surface area contributed by atoms with Gasteiger partial charge < -0.3 is 31.1 Å². The minimum Gasteiger partial charge on any atom is -0.508 e. The van der Waals surface area contributed by atoms with E-state index < -0.39 is 69.6 Å². The number of hydrogen-bond acceptors (Lipinski definition) is 10. The predicted octanol–water partition coefficient (Wildman–Crippen LogP) is 0.877. The molecule has 1 aromatic rings. The summed E-state index contributed by atoms with van der Waals surface area (Å²) in [5, 5.41) is 44.8. The van der Waals surface area contributed by atoms with Crippen molar-refractivity contribution in [2.45, 2.75) is 43.9 Å². The molecule has 0 bridgehead atoms. The van der Waals surface area contributed by atoms with E-state index in [1.807, 2.05) is 14.1 Å². The summed E-state index contributed by atoms with van der Waals surface area (Å²) in [6.45, 7) is 2.83. The van der Waals surface area contributed by atoms with Crippen LogP contribution in [0.15, 0.2) is 23.0 Å². The number of nitrogens with zero attached hydrogens (tertiary/aromatic N) is 3. The van der Waals surface area contributed by atoms with Gasteiger partial charge in [0.25, 0.3) is 5.91 Å². The lowest BCUT2D eigenvalue weighted by atomic mass is 9.57. The van der Waals surface area contributed by atoms with Crippen molar-refractivity contribution in [3.63, 3.8) is 0 Å². The lowest BCUT2D eigenvalue weighted by molar-refractivity contribution is -0.153. The topological polar surface area (TPSA) is 168 Å². The highest BCUT2D eigenvalue weighted by Gasteiger charge is 2.64. The molecule has 0 spiro atoms. The molecule has 4 atom stereocenters. The molecular weight excluding hydrogens is 547 g/mol. The van der Waals surface area contributed by atoms with Gasteiger partial charge in [-0.2, -0.15) is 0 Å². The number of fused-ring (bicyclic) bond motifs is 3. The van der Waals surface area contributed by atoms with Crippen LogP contribution in [0, 0.1) is 23.6 Å². The van der Waals surface area contributed by atoms with E-state index in [1.54, 1.807) is 0 Å². The Bertz CT molecular complexity index is 1410. The van der Waals surface area contributed by atoms with Crippen LogP contribution < -0.4 is 5.73 Å². The summed E-state index contributed by atoms with van der Waals surface area (Å²) >= 11 is 0. The molecule has 1 aromatic carbocycles. The number of phenolic OH excluding ortho intramolecular Hbond substituents is 1. The number of likely N-dealkylation sites (tertiary alicyclic amines) is 1. The molecule has 3 aliphatic carbocycles. The van der Waals surface area contributed by atoms with Crippen LogP contribution in [-0.2, 0) is 27.3 Å². The van der Waals surface area contributed by atoms with Crippen molar-refractivity contribution in [2.75, 3.05) is 47.8 Å². The number of rotatable bonds is 6. The van der Waals surface area contributed by atoms with Gasteiger partial charge in [0.15, 0.2) is 11.4 Å². The van der Waals surface area contributed by atoms with E-state index in [0.717, 1.165) is 32.5 Å². The van der Waals surface area contributed by atoms with E-state index >= 15 is 4.39 Å². The number of nitrogens with two attached hydrogens (primary N) is 1. The van der Waals surface area contributed by atoms with E-state index in [0.29, 0.717) is 5.92 Å². The van der Waals surface area contributed by atoms with Gasteiger partial charge >= 0.3 is 0 Å². The van der Waals surface area contributed by atoms with Gasteiger partial charge in [-0.3, -0.25) is 24.2 Å². The van der Waals surface area contributed by atoms with Gasteiger partial charge in [-0.15, -0.1) is 0 Å². The zero-order valence-electron chi connectivity index (χ0n) is 24.4. The molecule has 42 heavy (non-hydrogen) atoms. The van der Waals surface area contributed by atoms with Crippen LogP contribution in [-0.4, -0.2) is 112 Å². The highest BCUT2D eigenvalue weighted by atomic mass is 19.1. The fourth-order valence-electron chi connectivity index (χ4n) is 7.55. The number of phenols is 1. The molecule has 1 amide bonds. The van der Waals surface area contributed by atoms with E-state index in [4.69, 9.17) is 5.73 Å². The number of benzene rings is 1. The summed E-state index contributed by atoms with van der Waals surface area (Å²) in [5.74, 6) is -7.56. The molecule has 1 aliphatic heterocycles. The molecule has 1 heterocycles. The summed E-state index contributed by atoms with van der Waals surface area (Å²) in [5.41, 5.74) is 1.54. The number of aromatic hydroxyl groups is 1. The van der Waals surface area contributed by atoms with Crippen LogP contribution in [0.2, 0.25) is 0 Å². The van der Waals surface area contributed by atoms with Gasteiger partial charge in [-0.05, 0) is 84.9 Å². The monoisotopic (exact) mass is 586 g/mol. The maximum Gasteiger partial charge on any atom is 0.255 e. The Labute approximate surface area is 243 Å². The van der Waals surface area contributed by atoms with Gasteiger partial charge in [0.2, 0.25) is 5.78 Å². The molecule has 11 nitrogen and oxygen atoms in total. The summed E-state index contributed by atoms with van der Waals surface area (Å²) < 4.78 is 16.1. The SMILES string of the molecule is CN(C)CC1CCN(Cc2cc(O)c3c(c2F)C[C@H]2C[C@H]4[C@H](N(C)C)C(=O)C(C(N)=O)=C(O)[C@@]4(O)C(=O)C2=C3O)CC1. The van der Waals surface area contributed by atoms with Crippen LogP contribution in [0.1, 0.15) is 36.0 Å². The highest BCUT2D eigenvalue weighted by Crippen LogP contribution is 2.53. The number of ketones is 2. The first-order chi connectivity index (χ1) is 19.7. The van der Waals surface area contributed by atoms with Crippen molar-refractivity contribution in [2.24, 2.45) is 23.5 Å². The Morgan fingerprint density at radius 1 is 1.14 bits per heavy atom. The molecule has 12 heteroatoms. The van der Waals surface area contributed by atoms with Crippen molar-refractivity contribution in [1.82, 2.24) is 14.7 Å². The average Bonchev–Trinajstić information content (AvgIpc) is 2.89. The normalized spacial score (nSPS) is 28.8. The van der Waals surface area contributed by atoms with Crippen LogP contribution in [0.25, 0.3) is 5.76 Å². The number of hydrogen-bond donors (Lipinski definition) is 5. The zero-order chi connectivity index (χ0) is 30.8. The third kappa shape index (κ3) is 4.61. The molecule has 228 valence electrons. The molecule has 0 aromatic heterocycles. The number of aliphatic hydroxyl groups excluding tert-OH is 2. The van der Waals surface area contributed by atoms with Crippen LogP contribution in [0.4, 0.5) is 4.39 Å². The minimum absolute atomic E-state index is 0.0538. The first kappa shape index (κ1) is 30.1. The Morgan fingerprint density at radius 3 is 2.36 bits per heavy atom. The molecule has 2 fully saturated rings. The van der Waals surface area contributed by atoms with E-state index in [2.05, 4.69) is 9.80 Å². The van der Waals surface area contributed by atoms with Crippen LogP contribution in [0.3, 0.4) is 0 Å². The number of halogens is 1. The van der Waals surface area contributed by atoms with E-state index in [9.17, 15) is 34.8 Å². The first-order valence-corrected chi connectivity index (χ1v) is 14.2. The molecule has 0 radical (unpaired) electrons. The number of piperidine rings is 1. The molecule has 5 rings (SSSR count). The molecule has 1 saturated carbocycles. The molecule has 4 aliphatic rings. The largest absolute Gasteiger partial charge is 0.508 e. The summed E-state index contributed by atoms with van der Waals surface area (Å²) in [7, 11) is 7.14. The Morgan fingerprint density at radius 2 is 1.79 bits per heavy atom. The quantitative estimate of drug-likeness (QED) is 0.302. The van der Waals surface area contributed by atoms with Crippen molar-refractivity contribution in [3.05, 3.63) is 45.5 Å². The Hall–Kier alpha value is -3.32. The van der Waals surface area contributed by atoms with Gasteiger partial charge in [-0.25, -0.2) is 4.39 Å². The number of carbonyl (C=O) groups is 3. The predicted molar refractivity (Wildman–Crippen MR) is 151 cm³/mol. The third-order valence-corrected chi connectivity index (χ3v) is 9.45. The average molecular weight is 587 g/mol. The van der Waals surface area contributed by atoms with Crippen LogP contribution in [0.5, 0.6) is 5.75 Å². The molecule has 0 unspecified atom stereocenters. The maximum atomic E-state index is 16.1. The van der Waals surface area contributed by atoms with Crippen molar-refractivity contribution in [3.8, 4) is 5.75 Å². The number of amides is 1. The van der Waals surface area contributed by atoms with Gasteiger partial charge in [0, 0.05) is 35.7 Å². The van der Waals surface area contributed by atoms with Crippen LogP contribution >= 0.6 is 0 Å². The fourth-order valence-corrected chi connectivity index (χ4v) is 7.55. The Balaban J connectivity index is 1.52. The van der Waals surface area contributed by atoms with Crippen molar-refractivity contribution in [1.29, 1.82) is 0 Å². The van der Waals surface area contributed by atoms with Gasteiger partial charge in [0.05, 0.1) is 11.6 Å². The first-order valence-electron chi connectivity index (χ1n) is 14.2. The fraction of sp³-hybridized carbons (Fsp3) is 0.567. The Kier molecular flexibility index (Phi) is 7.71. The second-order valence-electron chi connectivity index (χ2n) is 12.7. The van der Waals surface area contributed by atoms with Gasteiger partial charge in [0.1, 0.15) is 28.7 Å². The van der Waals surface area contributed by atoms with E-state index in [-0.39, 0.29) is 41.6 Å². The smallest absolute Gasteiger partial charge is 0.255 e. The summed E-state index contributed by atoms with van der Waals surface area (Å²) in [4.78, 5) is 44.9. The van der Waals surface area contributed by atoms with E-state index in [1.165, 1.54) is 25.1 Å². The number of aliphatic hydroxyl groups is 3. The lowest BCUT2D eigenvalue weighted by Gasteiger charge is -2.50. The maximum absolute atomic E-state index is 16.1. The second kappa shape index (κ2) is 10.7. The third-order valence-electron chi connectivity index (χ3n) is 9.45. The molecule has 6 N–H and O–H groups in total. The highest BCUT2D eigenvalue weighted by molar-refractivity contribution is 6.24. The standard InChI is InChI=1S/C30H39FN4O7/c1-33(2)12-14-5-7-35(8-6-14)13-16-11-19(36)21-17(23(16)31)9-15-10-18-24(34(3)4)26(38)22(29(32)41)28(40)30(18,42)27(39)20(15)25(21)37/h11,14-15,18,24,36-37,40,42H,5-10,12-13H2,1-4H3,(H2,32,41)/t15-,18-,24-,30-/m0/s1. The van der Waals surface area contributed by atoms with Crippen molar-refractivity contribution >= 4 is 23.2 Å². The minimum atomic E-state index is -2.72. The van der Waals surface area contributed by atoms with Gasteiger partial charge in [-0.1, -0.05) is 0 Å². The lowest BCUT2D eigenvalue weighted by Crippen LogP contribution is -2.65. The zero-order valence-corrected chi connectivity index (χ0v) is 24.4. The summed E-state index contributed by atoms with van der Waals surface area (Å²) in [6, 6.07) is 0.0637. The number of likely N-dealkylation sites (N-methyl/N-ethyl adjacent to an activating group) is 1. The summed E-state index contributed by atoms with van der Waals surface area (Å²) in [6.07, 6.45) is 1.79. The van der Waals surface area contributed by atoms with Crippen molar-refractivity contribution < 1.29 is 39.2 Å². The number of primary amides is 1. The number of Topliss-reactive ketones (excluding diaryl/α,β-unsaturated/α-hetero) is 2. The second-order valence-corrected chi connectivity index (χ2v) is 12.7. The number of carbonyl (C=O) groups excluding carboxylic acids is 3. The molecule has 1 saturated heterocycles. The molecular formula is C30H39FN4O7.